The van der Waals surface area contributed by atoms with Crippen LogP contribution < -0.4 is 0 Å². The highest BCUT2D eigenvalue weighted by Crippen LogP contribution is 2.41. The van der Waals surface area contributed by atoms with Crippen LogP contribution in [-0.2, 0) is 13.6 Å². The van der Waals surface area contributed by atoms with Crippen molar-refractivity contribution in [1.82, 2.24) is 24.7 Å². The van der Waals surface area contributed by atoms with Crippen molar-refractivity contribution < 1.29 is 4.52 Å². The molecule has 2 fully saturated rings. The molecular weight excluding hydrogens is 386 g/mol. The van der Waals surface area contributed by atoms with Gasteiger partial charge in [0.25, 0.3) is 0 Å². The first kappa shape index (κ1) is 20.9. The Morgan fingerprint density at radius 3 is 2.52 bits per heavy atom. The highest BCUT2D eigenvalue weighted by molar-refractivity contribution is 6.30. The average molecular weight is 420 g/mol. The van der Waals surface area contributed by atoms with Crippen molar-refractivity contribution in [2.24, 2.45) is 17.9 Å². The van der Waals surface area contributed by atoms with E-state index >= 15 is 0 Å². The molecule has 0 unspecified atom stereocenters. The van der Waals surface area contributed by atoms with Crippen LogP contribution in [0.1, 0.15) is 51.4 Å². The number of aromatic nitrogens is 3. The zero-order chi connectivity index (χ0) is 20.8. The summed E-state index contributed by atoms with van der Waals surface area (Å²) in [6.45, 7) is 15.7. The molecule has 2 aliphatic rings. The van der Waals surface area contributed by atoms with Gasteiger partial charge in [0, 0.05) is 38.3 Å². The highest BCUT2D eigenvalue weighted by Gasteiger charge is 2.43. The quantitative estimate of drug-likeness (QED) is 0.720. The molecular formula is C22H34ClN5O. The van der Waals surface area contributed by atoms with Gasteiger partial charge in [0.05, 0.1) is 0 Å². The van der Waals surface area contributed by atoms with E-state index in [4.69, 9.17) is 16.1 Å². The molecule has 29 heavy (non-hydrogen) atoms. The first-order valence-electron chi connectivity index (χ1n) is 10.7. The van der Waals surface area contributed by atoms with Gasteiger partial charge in [0.15, 0.2) is 0 Å². The second kappa shape index (κ2) is 7.71. The van der Waals surface area contributed by atoms with Crippen molar-refractivity contribution in [2.75, 3.05) is 32.7 Å². The van der Waals surface area contributed by atoms with Gasteiger partial charge in [-0.05, 0) is 56.7 Å². The molecule has 0 bridgehead atoms. The fourth-order valence-electron chi connectivity index (χ4n) is 4.80. The van der Waals surface area contributed by atoms with Gasteiger partial charge in [-0.3, -0.25) is 9.58 Å². The van der Waals surface area contributed by atoms with Gasteiger partial charge in [-0.2, -0.15) is 5.10 Å². The molecule has 0 aromatic carbocycles. The zero-order valence-corrected chi connectivity index (χ0v) is 19.2. The van der Waals surface area contributed by atoms with E-state index in [9.17, 15) is 0 Å². The lowest BCUT2D eigenvalue weighted by molar-refractivity contribution is 0.219. The first-order valence-corrected chi connectivity index (χ1v) is 11.1. The Bertz CT molecular complexity index is 867. The van der Waals surface area contributed by atoms with E-state index < -0.39 is 0 Å². The molecule has 0 amide bonds. The molecule has 7 heteroatoms. The molecule has 0 radical (unpaired) electrons. The largest absolute Gasteiger partial charge is 0.361 e. The Morgan fingerprint density at radius 2 is 1.86 bits per heavy atom. The number of likely N-dealkylation sites (tertiary alicyclic amines) is 2. The Morgan fingerprint density at radius 1 is 1.17 bits per heavy atom. The van der Waals surface area contributed by atoms with Crippen molar-refractivity contribution in [3.8, 4) is 11.4 Å². The van der Waals surface area contributed by atoms with Crippen LogP contribution in [0.15, 0.2) is 10.6 Å². The summed E-state index contributed by atoms with van der Waals surface area (Å²) in [5.41, 5.74) is 3.51. The number of nitrogens with zero attached hydrogens (tertiary/aromatic N) is 5. The van der Waals surface area contributed by atoms with Crippen LogP contribution in [0.2, 0.25) is 5.15 Å². The molecule has 2 aromatic heterocycles. The second-order valence-electron chi connectivity index (χ2n) is 10.4. The molecule has 2 saturated heterocycles. The number of halogens is 1. The lowest BCUT2D eigenvalue weighted by Gasteiger charge is -2.27. The second-order valence-corrected chi connectivity index (χ2v) is 10.7. The summed E-state index contributed by atoms with van der Waals surface area (Å²) in [5.74, 6) is 0.786. The van der Waals surface area contributed by atoms with Crippen molar-refractivity contribution in [3.05, 3.63) is 22.5 Å². The van der Waals surface area contributed by atoms with Crippen molar-refractivity contribution >= 4 is 11.6 Å². The standard InChI is InChI=1S/C22H34ClN5O/c1-16-12-18(25-29-16)19-17(20(23)26(5)24-19)13-28-11-8-22(15-28)7-10-27(14-22)9-6-21(2,3)4/h12H,6-11,13-15H2,1-5H3/t22-/m0/s1. The van der Waals surface area contributed by atoms with E-state index in [1.54, 1.807) is 4.68 Å². The molecule has 2 aliphatic heterocycles. The Balaban J connectivity index is 1.42. The molecule has 2 aromatic rings. The van der Waals surface area contributed by atoms with Gasteiger partial charge in [0.1, 0.15) is 22.3 Å². The van der Waals surface area contributed by atoms with Crippen molar-refractivity contribution in [1.29, 1.82) is 0 Å². The summed E-state index contributed by atoms with van der Waals surface area (Å²) in [4.78, 5) is 5.22. The lowest BCUT2D eigenvalue weighted by Crippen LogP contribution is -2.32. The van der Waals surface area contributed by atoms with E-state index in [1.807, 2.05) is 20.0 Å². The topological polar surface area (TPSA) is 50.3 Å². The SMILES string of the molecule is Cc1cc(-c2nn(C)c(Cl)c2CN2CC[C@]3(CCN(CCC(C)(C)C)C3)C2)no1. The predicted molar refractivity (Wildman–Crippen MR) is 116 cm³/mol. The molecule has 6 nitrogen and oxygen atoms in total. The van der Waals surface area contributed by atoms with E-state index in [0.29, 0.717) is 16.0 Å². The third-order valence-corrected chi connectivity index (χ3v) is 7.01. The fraction of sp³-hybridized carbons (Fsp3) is 0.727. The van der Waals surface area contributed by atoms with Gasteiger partial charge in [-0.25, -0.2) is 0 Å². The van der Waals surface area contributed by atoms with E-state index in [1.165, 1.54) is 38.9 Å². The van der Waals surface area contributed by atoms with E-state index in [-0.39, 0.29) is 0 Å². The minimum atomic E-state index is 0.407. The summed E-state index contributed by atoms with van der Waals surface area (Å²) < 4.78 is 7.01. The Hall–Kier alpha value is -1.37. The summed E-state index contributed by atoms with van der Waals surface area (Å²) in [5, 5.41) is 9.47. The van der Waals surface area contributed by atoms with Crippen LogP contribution in [0.4, 0.5) is 0 Å². The molecule has 4 heterocycles. The van der Waals surface area contributed by atoms with Crippen molar-refractivity contribution in [3.63, 3.8) is 0 Å². The molecule has 1 spiro atoms. The smallest absolute Gasteiger partial charge is 0.134 e. The zero-order valence-electron chi connectivity index (χ0n) is 18.5. The van der Waals surface area contributed by atoms with E-state index in [2.05, 4.69) is 40.8 Å². The van der Waals surface area contributed by atoms with Gasteiger partial charge >= 0.3 is 0 Å². The first-order chi connectivity index (χ1) is 13.6. The van der Waals surface area contributed by atoms with Crippen molar-refractivity contribution in [2.45, 2.75) is 53.5 Å². The maximum Gasteiger partial charge on any atom is 0.134 e. The molecule has 160 valence electrons. The van der Waals surface area contributed by atoms with Gasteiger partial charge in [-0.1, -0.05) is 37.5 Å². The van der Waals surface area contributed by atoms with Crippen LogP contribution in [0, 0.1) is 17.8 Å². The Kier molecular flexibility index (Phi) is 5.55. The summed E-state index contributed by atoms with van der Waals surface area (Å²) >= 11 is 6.61. The van der Waals surface area contributed by atoms with Crippen LogP contribution in [-0.4, -0.2) is 57.5 Å². The molecule has 0 N–H and O–H groups in total. The molecule has 0 aliphatic carbocycles. The lowest BCUT2D eigenvalue weighted by atomic mass is 9.86. The summed E-state index contributed by atoms with van der Waals surface area (Å²) in [6, 6.07) is 1.93. The molecule has 0 saturated carbocycles. The van der Waals surface area contributed by atoms with Gasteiger partial charge in [-0.15, -0.1) is 0 Å². The summed E-state index contributed by atoms with van der Waals surface area (Å²) in [6.07, 6.45) is 3.84. The summed E-state index contributed by atoms with van der Waals surface area (Å²) in [7, 11) is 1.89. The van der Waals surface area contributed by atoms with E-state index in [0.717, 1.165) is 42.3 Å². The van der Waals surface area contributed by atoms with Crippen LogP contribution in [0.25, 0.3) is 11.4 Å². The Labute approximate surface area is 179 Å². The highest BCUT2D eigenvalue weighted by atomic mass is 35.5. The third kappa shape index (κ3) is 4.54. The minimum Gasteiger partial charge on any atom is -0.361 e. The minimum absolute atomic E-state index is 0.407. The van der Waals surface area contributed by atoms with Crippen LogP contribution in [0.3, 0.4) is 0 Å². The maximum atomic E-state index is 6.61. The number of rotatable bonds is 5. The van der Waals surface area contributed by atoms with Crippen LogP contribution >= 0.6 is 11.6 Å². The molecule has 1 atom stereocenters. The normalized spacial score (nSPS) is 23.7. The third-order valence-electron chi connectivity index (χ3n) is 6.53. The van der Waals surface area contributed by atoms with Gasteiger partial charge in [0.2, 0.25) is 0 Å². The number of aryl methyl sites for hydroxylation is 2. The monoisotopic (exact) mass is 419 g/mol. The number of hydrogen-bond donors (Lipinski definition) is 0. The average Bonchev–Trinajstić information content (AvgIpc) is 3.40. The van der Waals surface area contributed by atoms with Crippen LogP contribution in [0.5, 0.6) is 0 Å². The maximum absolute atomic E-state index is 6.61. The predicted octanol–water partition coefficient (Wildman–Crippen LogP) is 4.37. The number of hydrogen-bond acceptors (Lipinski definition) is 5. The fourth-order valence-corrected chi connectivity index (χ4v) is 4.99. The molecule has 4 rings (SSSR count). The van der Waals surface area contributed by atoms with Gasteiger partial charge < -0.3 is 9.42 Å².